The van der Waals surface area contributed by atoms with Gasteiger partial charge in [-0.25, -0.2) is 0 Å². The molecule has 1 heterocycles. The van der Waals surface area contributed by atoms with Crippen LogP contribution >= 0.6 is 0 Å². The van der Waals surface area contributed by atoms with Crippen LogP contribution in [-0.2, 0) is 21.4 Å². The molecule has 3 nitrogen and oxygen atoms in total. The van der Waals surface area contributed by atoms with E-state index in [0.717, 1.165) is 25.8 Å². The third-order valence-electron chi connectivity index (χ3n) is 10.2. The quantitative estimate of drug-likeness (QED) is 0.617. The number of piperidine rings is 1. The summed E-state index contributed by atoms with van der Waals surface area (Å²) in [6.07, 6.45) is 8.66. The number of fused-ring (bicyclic) bond motifs is 5. The third-order valence-corrected chi connectivity index (χ3v) is 10.2. The molecule has 33 heavy (non-hydrogen) atoms. The first-order valence-electron chi connectivity index (χ1n) is 13.1. The van der Waals surface area contributed by atoms with E-state index in [4.69, 9.17) is 0 Å². The average Bonchev–Trinajstić information content (AvgIpc) is 3.11. The lowest BCUT2D eigenvalue weighted by Gasteiger charge is -2.58. The maximum absolute atomic E-state index is 13.7. The van der Waals surface area contributed by atoms with Crippen LogP contribution in [0.4, 0.5) is 0 Å². The highest BCUT2D eigenvalue weighted by atomic mass is 16.1. The summed E-state index contributed by atoms with van der Waals surface area (Å²) >= 11 is 0. The predicted molar refractivity (Wildman–Crippen MR) is 133 cm³/mol. The topological polar surface area (TPSA) is 46.2 Å². The van der Waals surface area contributed by atoms with Crippen molar-refractivity contribution in [2.45, 2.75) is 85.0 Å². The van der Waals surface area contributed by atoms with Crippen molar-refractivity contribution in [2.75, 3.05) is 6.54 Å². The van der Waals surface area contributed by atoms with Crippen molar-refractivity contribution in [3.63, 3.8) is 0 Å². The normalized spacial score (nSPS) is 38.0. The van der Waals surface area contributed by atoms with Gasteiger partial charge in [-0.3, -0.25) is 9.59 Å². The molecule has 1 aliphatic heterocycles. The third kappa shape index (κ3) is 3.70. The van der Waals surface area contributed by atoms with Crippen LogP contribution in [0.25, 0.3) is 0 Å². The van der Waals surface area contributed by atoms with E-state index >= 15 is 0 Å². The van der Waals surface area contributed by atoms with Gasteiger partial charge in [-0.05, 0) is 71.8 Å². The molecule has 2 saturated carbocycles. The zero-order chi connectivity index (χ0) is 23.6. The van der Waals surface area contributed by atoms with Crippen LogP contribution in [0.5, 0.6) is 0 Å². The smallest absolute Gasteiger partial charge is 0.157 e. The number of rotatable bonds is 3. The molecule has 3 aliphatic carbocycles. The zero-order valence-corrected chi connectivity index (χ0v) is 21.2. The molecule has 1 aromatic carbocycles. The second-order valence-electron chi connectivity index (χ2n) is 13.0. The molecule has 178 valence electrons. The van der Waals surface area contributed by atoms with Crippen LogP contribution in [0.2, 0.25) is 0 Å². The van der Waals surface area contributed by atoms with E-state index in [1.807, 2.05) is 6.08 Å². The molecule has 0 radical (unpaired) electrons. The van der Waals surface area contributed by atoms with Crippen LogP contribution in [0.3, 0.4) is 0 Å². The number of Topliss-reactive ketones (excluding diaryl/α,β-unsaturated/α-hetero) is 1. The van der Waals surface area contributed by atoms with Crippen LogP contribution in [-0.4, -0.2) is 18.1 Å². The molecular weight excluding hydrogens is 406 g/mol. The van der Waals surface area contributed by atoms with E-state index < -0.39 is 0 Å². The Bertz CT molecular complexity index is 1000. The Morgan fingerprint density at radius 1 is 1.09 bits per heavy atom. The lowest BCUT2D eigenvalue weighted by Crippen LogP contribution is -2.57. The first-order chi connectivity index (χ1) is 15.5. The van der Waals surface area contributed by atoms with Crippen molar-refractivity contribution < 1.29 is 9.59 Å². The SMILES string of the molecule is CC(C)(C)c1cccc(CC(=O)C2CCC3C4CNC5=CC(=O)CC[C@]5(C)C4CC[C@]23C)c1. The molecule has 4 unspecified atom stereocenters. The summed E-state index contributed by atoms with van der Waals surface area (Å²) in [6, 6.07) is 8.67. The number of allylic oxidation sites excluding steroid dienone is 2. The van der Waals surface area contributed by atoms with Gasteiger partial charge in [-0.2, -0.15) is 0 Å². The average molecular weight is 448 g/mol. The van der Waals surface area contributed by atoms with Gasteiger partial charge >= 0.3 is 0 Å². The number of benzene rings is 1. The van der Waals surface area contributed by atoms with E-state index in [1.165, 1.54) is 29.7 Å². The summed E-state index contributed by atoms with van der Waals surface area (Å²) in [7, 11) is 0. The Labute approximate surface area is 199 Å². The van der Waals surface area contributed by atoms with Crippen molar-refractivity contribution in [3.05, 3.63) is 47.2 Å². The molecule has 0 aromatic heterocycles. The summed E-state index contributed by atoms with van der Waals surface area (Å²) < 4.78 is 0. The zero-order valence-electron chi connectivity index (χ0n) is 21.2. The summed E-state index contributed by atoms with van der Waals surface area (Å²) in [5.74, 6) is 2.75. The van der Waals surface area contributed by atoms with E-state index in [-0.39, 0.29) is 27.9 Å². The molecule has 1 saturated heterocycles. The number of carbonyl (C=O) groups is 2. The summed E-state index contributed by atoms with van der Waals surface area (Å²) in [6.45, 7) is 12.5. The fraction of sp³-hybridized carbons (Fsp3) is 0.667. The Kier molecular flexibility index (Phi) is 5.42. The molecule has 5 rings (SSSR count). The van der Waals surface area contributed by atoms with Gasteiger partial charge in [0.1, 0.15) is 5.78 Å². The number of ketones is 2. The van der Waals surface area contributed by atoms with Gasteiger partial charge in [0.2, 0.25) is 0 Å². The molecule has 0 amide bonds. The van der Waals surface area contributed by atoms with Crippen molar-refractivity contribution >= 4 is 11.6 Å². The minimum Gasteiger partial charge on any atom is -0.387 e. The van der Waals surface area contributed by atoms with Crippen LogP contribution in [0.1, 0.15) is 84.3 Å². The van der Waals surface area contributed by atoms with Crippen LogP contribution < -0.4 is 5.32 Å². The summed E-state index contributed by atoms with van der Waals surface area (Å²) in [4.78, 5) is 25.7. The van der Waals surface area contributed by atoms with Gasteiger partial charge in [-0.1, -0.05) is 58.9 Å². The lowest BCUT2D eigenvalue weighted by atomic mass is 9.49. The Balaban J connectivity index is 1.35. The highest BCUT2D eigenvalue weighted by Crippen LogP contribution is 2.64. The monoisotopic (exact) mass is 447 g/mol. The first-order valence-corrected chi connectivity index (χ1v) is 13.1. The van der Waals surface area contributed by atoms with E-state index in [0.29, 0.717) is 36.4 Å². The molecule has 3 fully saturated rings. The lowest BCUT2D eigenvalue weighted by molar-refractivity contribution is -0.129. The maximum Gasteiger partial charge on any atom is 0.157 e. The maximum atomic E-state index is 13.7. The van der Waals surface area contributed by atoms with E-state index in [2.05, 4.69) is 64.2 Å². The van der Waals surface area contributed by atoms with Crippen molar-refractivity contribution in [2.24, 2.45) is 34.5 Å². The summed E-state index contributed by atoms with van der Waals surface area (Å²) in [5, 5.41) is 3.68. The van der Waals surface area contributed by atoms with Gasteiger partial charge in [0.25, 0.3) is 0 Å². The first kappa shape index (κ1) is 22.9. The molecule has 0 spiro atoms. The highest BCUT2D eigenvalue weighted by molar-refractivity contribution is 5.91. The number of carbonyl (C=O) groups excluding carboxylic acids is 2. The fourth-order valence-corrected chi connectivity index (χ4v) is 8.15. The molecule has 1 aromatic rings. The second-order valence-corrected chi connectivity index (χ2v) is 13.0. The van der Waals surface area contributed by atoms with Gasteiger partial charge in [0.05, 0.1) is 0 Å². The fourth-order valence-electron chi connectivity index (χ4n) is 8.15. The summed E-state index contributed by atoms with van der Waals surface area (Å²) in [5.41, 5.74) is 3.98. The largest absolute Gasteiger partial charge is 0.387 e. The molecule has 3 heteroatoms. The Morgan fingerprint density at radius 2 is 1.88 bits per heavy atom. The minimum atomic E-state index is 0.100. The predicted octanol–water partition coefficient (Wildman–Crippen LogP) is 6.01. The van der Waals surface area contributed by atoms with Crippen molar-refractivity contribution in [3.8, 4) is 0 Å². The second kappa shape index (κ2) is 7.82. The molecule has 6 atom stereocenters. The number of hydrogen-bond donors (Lipinski definition) is 1. The van der Waals surface area contributed by atoms with Gasteiger partial charge < -0.3 is 5.32 Å². The van der Waals surface area contributed by atoms with E-state index in [1.54, 1.807) is 0 Å². The standard InChI is InChI=1S/C30H41NO2/c1-28(2,3)20-8-6-7-19(15-20)16-26(33)25-10-9-23-22-18-31-27-17-21(32)11-13-30(27,5)24(22)12-14-29(23,25)4/h6-8,15,17,22-25,31H,9-14,16,18H2,1-5H3/t22?,23?,24?,25?,29-,30+/m0/s1. The minimum absolute atomic E-state index is 0.100. The molecule has 4 aliphatic rings. The van der Waals surface area contributed by atoms with Crippen molar-refractivity contribution in [1.82, 2.24) is 5.32 Å². The molecule has 1 N–H and O–H groups in total. The van der Waals surface area contributed by atoms with Crippen molar-refractivity contribution in [1.29, 1.82) is 0 Å². The highest BCUT2D eigenvalue weighted by Gasteiger charge is 2.60. The molecular formula is C30H41NO2. The van der Waals surface area contributed by atoms with Crippen LogP contribution in [0, 0.1) is 34.5 Å². The van der Waals surface area contributed by atoms with Crippen LogP contribution in [0.15, 0.2) is 36.0 Å². The van der Waals surface area contributed by atoms with Gasteiger partial charge in [0, 0.05) is 42.5 Å². The van der Waals surface area contributed by atoms with E-state index in [9.17, 15) is 9.59 Å². The Morgan fingerprint density at radius 3 is 2.64 bits per heavy atom. The number of hydrogen-bond acceptors (Lipinski definition) is 3. The van der Waals surface area contributed by atoms with Gasteiger partial charge in [-0.15, -0.1) is 0 Å². The van der Waals surface area contributed by atoms with Gasteiger partial charge in [0.15, 0.2) is 5.78 Å². The number of nitrogens with one attached hydrogen (secondary N) is 1. The molecule has 0 bridgehead atoms. The Hall–Kier alpha value is -1.90.